The molecule has 0 heterocycles. The fraction of sp³-hybridized carbons (Fsp3) is 0.0500. The van der Waals surface area contributed by atoms with Gasteiger partial charge < -0.3 is 5.32 Å². The maximum atomic E-state index is 13.1. The van der Waals surface area contributed by atoms with Crippen molar-refractivity contribution in [2.45, 2.75) is 15.3 Å². The number of sulfonamides is 1. The van der Waals surface area contributed by atoms with Crippen LogP contribution < -0.4 is 10.0 Å². The predicted octanol–water partition coefficient (Wildman–Crippen LogP) is 4.17. The van der Waals surface area contributed by atoms with Crippen LogP contribution in [-0.4, -0.2) is 28.3 Å². The van der Waals surface area contributed by atoms with Gasteiger partial charge in [0.25, 0.3) is 25.8 Å². The minimum Gasteiger partial charge on any atom is -0.320 e. The fourth-order valence-electron chi connectivity index (χ4n) is 2.63. The van der Waals surface area contributed by atoms with Crippen LogP contribution in [0.1, 0.15) is 10.4 Å². The number of halogens is 4. The zero-order valence-corrected chi connectivity index (χ0v) is 17.9. The SMILES string of the molecule is O=C(Nc1ccccc1NS(=O)(=O)c1ccc(F)cc1)c1cccc(S(=O)(=O)C(F)(F)F)c1. The molecule has 0 saturated carbocycles. The Labute approximate surface area is 186 Å². The van der Waals surface area contributed by atoms with Crippen molar-refractivity contribution in [2.75, 3.05) is 10.0 Å². The first-order valence-corrected chi connectivity index (χ1v) is 11.9. The molecule has 0 aliphatic carbocycles. The third-order valence-corrected chi connectivity index (χ3v) is 7.12. The van der Waals surface area contributed by atoms with Gasteiger partial charge in [0.05, 0.1) is 21.2 Å². The summed E-state index contributed by atoms with van der Waals surface area (Å²) in [4.78, 5) is 11.2. The predicted molar refractivity (Wildman–Crippen MR) is 111 cm³/mol. The number of hydrogen-bond acceptors (Lipinski definition) is 5. The van der Waals surface area contributed by atoms with Gasteiger partial charge in [-0.25, -0.2) is 21.2 Å². The number of sulfone groups is 1. The van der Waals surface area contributed by atoms with E-state index in [1.807, 2.05) is 0 Å². The second kappa shape index (κ2) is 8.83. The van der Waals surface area contributed by atoms with Crippen LogP contribution in [0.4, 0.5) is 28.9 Å². The van der Waals surface area contributed by atoms with E-state index in [4.69, 9.17) is 0 Å². The van der Waals surface area contributed by atoms with Gasteiger partial charge in [0.15, 0.2) is 0 Å². The standard InChI is InChI=1S/C20H14F4N2O5S2/c21-14-8-10-15(11-9-14)33(30,31)26-18-7-2-1-6-17(18)25-19(27)13-4-3-5-16(12-13)32(28,29)20(22,23)24/h1-12,26H,(H,25,27). The van der Waals surface area contributed by atoms with E-state index in [9.17, 15) is 39.2 Å². The van der Waals surface area contributed by atoms with Crippen molar-refractivity contribution in [3.8, 4) is 0 Å². The Bertz CT molecular complexity index is 1400. The van der Waals surface area contributed by atoms with Gasteiger partial charge in [-0.3, -0.25) is 9.52 Å². The molecule has 1 amide bonds. The van der Waals surface area contributed by atoms with Crippen LogP contribution in [0.3, 0.4) is 0 Å². The van der Waals surface area contributed by atoms with Crippen LogP contribution in [-0.2, 0) is 19.9 Å². The van der Waals surface area contributed by atoms with Crippen LogP contribution in [0, 0.1) is 5.82 Å². The normalized spacial score (nSPS) is 12.2. The second-order valence-electron chi connectivity index (χ2n) is 6.54. The maximum Gasteiger partial charge on any atom is 0.501 e. The number of rotatable bonds is 6. The van der Waals surface area contributed by atoms with Crippen LogP contribution in [0.5, 0.6) is 0 Å². The molecule has 0 spiro atoms. The molecule has 13 heteroatoms. The van der Waals surface area contributed by atoms with Gasteiger partial charge in [-0.15, -0.1) is 0 Å². The molecule has 3 aromatic carbocycles. The van der Waals surface area contributed by atoms with E-state index in [2.05, 4.69) is 10.0 Å². The Morgan fingerprint density at radius 2 is 1.36 bits per heavy atom. The quantitative estimate of drug-likeness (QED) is 0.492. The van der Waals surface area contributed by atoms with Crippen molar-refractivity contribution in [1.82, 2.24) is 0 Å². The van der Waals surface area contributed by atoms with E-state index < -0.39 is 47.6 Å². The number of amides is 1. The summed E-state index contributed by atoms with van der Waals surface area (Å²) in [5, 5.41) is 2.33. The summed E-state index contributed by atoms with van der Waals surface area (Å²) in [6.07, 6.45) is 0. The molecule has 3 aromatic rings. The Morgan fingerprint density at radius 3 is 1.97 bits per heavy atom. The molecule has 0 aliphatic rings. The van der Waals surface area contributed by atoms with Crippen LogP contribution in [0.15, 0.2) is 82.6 Å². The number of para-hydroxylation sites is 2. The lowest BCUT2D eigenvalue weighted by atomic mass is 10.2. The summed E-state index contributed by atoms with van der Waals surface area (Å²) in [7, 11) is -9.84. The van der Waals surface area contributed by atoms with E-state index in [1.165, 1.54) is 24.3 Å². The van der Waals surface area contributed by atoms with Crippen molar-refractivity contribution in [1.29, 1.82) is 0 Å². The van der Waals surface area contributed by atoms with Crippen molar-refractivity contribution in [3.05, 3.63) is 84.2 Å². The van der Waals surface area contributed by atoms with E-state index in [0.717, 1.165) is 36.4 Å². The van der Waals surface area contributed by atoms with Crippen molar-refractivity contribution >= 4 is 37.1 Å². The third kappa shape index (κ3) is 5.31. The molecule has 174 valence electrons. The van der Waals surface area contributed by atoms with Gasteiger partial charge in [0.2, 0.25) is 0 Å². The average molecular weight is 502 g/mol. The number of hydrogen-bond donors (Lipinski definition) is 2. The zero-order valence-electron chi connectivity index (χ0n) is 16.3. The van der Waals surface area contributed by atoms with E-state index in [1.54, 1.807) is 0 Å². The Balaban J connectivity index is 1.88. The first-order valence-electron chi connectivity index (χ1n) is 8.91. The third-order valence-electron chi connectivity index (χ3n) is 4.25. The number of carbonyl (C=O) groups excluding carboxylic acids is 1. The molecule has 0 aliphatic heterocycles. The van der Waals surface area contributed by atoms with Crippen molar-refractivity contribution in [3.63, 3.8) is 0 Å². The van der Waals surface area contributed by atoms with Gasteiger partial charge in [-0.2, -0.15) is 13.2 Å². The molecule has 0 aromatic heterocycles. The maximum absolute atomic E-state index is 13.1. The molecule has 2 N–H and O–H groups in total. The van der Waals surface area contributed by atoms with Crippen molar-refractivity contribution < 1.29 is 39.2 Å². The summed E-state index contributed by atoms with van der Waals surface area (Å²) in [5.41, 5.74) is -6.10. The van der Waals surface area contributed by atoms with Gasteiger partial charge in [0, 0.05) is 5.56 Å². The van der Waals surface area contributed by atoms with Gasteiger partial charge in [0.1, 0.15) is 5.82 Å². The monoisotopic (exact) mass is 502 g/mol. The van der Waals surface area contributed by atoms with Crippen molar-refractivity contribution in [2.24, 2.45) is 0 Å². The molecule has 0 bridgehead atoms. The van der Waals surface area contributed by atoms with Crippen LogP contribution in [0.25, 0.3) is 0 Å². The summed E-state index contributed by atoms with van der Waals surface area (Å²) in [6, 6.07) is 12.8. The molecule has 33 heavy (non-hydrogen) atoms. The number of nitrogens with one attached hydrogen (secondary N) is 2. The molecule has 0 radical (unpaired) electrons. The lowest BCUT2D eigenvalue weighted by molar-refractivity contribution is -0.0436. The zero-order chi connectivity index (χ0) is 24.4. The fourth-order valence-corrected chi connectivity index (χ4v) is 4.52. The van der Waals surface area contributed by atoms with E-state index >= 15 is 0 Å². The summed E-state index contributed by atoms with van der Waals surface area (Å²) >= 11 is 0. The highest BCUT2D eigenvalue weighted by molar-refractivity contribution is 7.92. The van der Waals surface area contributed by atoms with E-state index in [0.29, 0.717) is 12.1 Å². The van der Waals surface area contributed by atoms with Crippen LogP contribution >= 0.6 is 0 Å². The molecule has 0 atom stereocenters. The summed E-state index contributed by atoms with van der Waals surface area (Å²) in [6.45, 7) is 0. The highest BCUT2D eigenvalue weighted by Crippen LogP contribution is 2.31. The minimum atomic E-state index is -5.67. The summed E-state index contributed by atoms with van der Waals surface area (Å²) in [5.74, 6) is -1.63. The number of benzene rings is 3. The Kier molecular flexibility index (Phi) is 6.47. The molecule has 0 saturated heterocycles. The Morgan fingerprint density at radius 1 is 0.758 bits per heavy atom. The highest BCUT2D eigenvalue weighted by atomic mass is 32.2. The second-order valence-corrected chi connectivity index (χ2v) is 10.2. The lowest BCUT2D eigenvalue weighted by Gasteiger charge is -2.14. The Hall–Kier alpha value is -3.45. The molecule has 7 nitrogen and oxygen atoms in total. The first kappa shape index (κ1) is 24.2. The molecule has 0 unspecified atom stereocenters. The number of alkyl halides is 3. The average Bonchev–Trinajstić information content (AvgIpc) is 2.74. The smallest absolute Gasteiger partial charge is 0.320 e. The largest absolute Gasteiger partial charge is 0.501 e. The van der Waals surface area contributed by atoms with Gasteiger partial charge in [-0.05, 0) is 54.6 Å². The molecule has 3 rings (SSSR count). The summed E-state index contributed by atoms with van der Waals surface area (Å²) < 4.78 is 102. The van der Waals surface area contributed by atoms with Gasteiger partial charge >= 0.3 is 5.51 Å². The molecular weight excluding hydrogens is 488 g/mol. The lowest BCUT2D eigenvalue weighted by Crippen LogP contribution is -2.24. The topological polar surface area (TPSA) is 109 Å². The molecular formula is C20H14F4N2O5S2. The number of anilines is 2. The number of carbonyl (C=O) groups is 1. The first-order chi connectivity index (χ1) is 15.3. The molecule has 0 fully saturated rings. The van der Waals surface area contributed by atoms with E-state index in [-0.39, 0.29) is 16.3 Å². The minimum absolute atomic E-state index is 0.0581. The van der Waals surface area contributed by atoms with Crippen LogP contribution in [0.2, 0.25) is 0 Å². The highest BCUT2D eigenvalue weighted by Gasteiger charge is 2.47. The van der Waals surface area contributed by atoms with Gasteiger partial charge in [-0.1, -0.05) is 18.2 Å².